The lowest BCUT2D eigenvalue weighted by atomic mass is 10.1. The van der Waals surface area contributed by atoms with E-state index in [1.54, 1.807) is 0 Å². The number of Topliss-reactive ketones (excluding diaryl/α,β-unsaturated/α-hetero) is 1. The van der Waals surface area contributed by atoms with Gasteiger partial charge in [-0.1, -0.05) is 27.5 Å². The molecule has 2 N–H and O–H groups in total. The maximum Gasteiger partial charge on any atom is 0.175 e. The Morgan fingerprint density at radius 1 is 1.62 bits per heavy atom. The molecule has 0 amide bonds. The lowest BCUT2D eigenvalue weighted by Crippen LogP contribution is -2.03. The monoisotopic (exact) mass is 265 g/mol. The third kappa shape index (κ3) is 2.19. The van der Waals surface area contributed by atoms with Crippen molar-refractivity contribution in [2.24, 2.45) is 0 Å². The quantitative estimate of drug-likeness (QED) is 0.508. The number of ketones is 1. The summed E-state index contributed by atoms with van der Waals surface area (Å²) in [7, 11) is 0. The molecule has 0 aliphatic rings. The summed E-state index contributed by atoms with van der Waals surface area (Å²) in [4.78, 5) is 11.2. The summed E-state index contributed by atoms with van der Waals surface area (Å²) in [6, 6.07) is 2.15. The van der Waals surface area contributed by atoms with Gasteiger partial charge < -0.3 is 5.73 Å². The van der Waals surface area contributed by atoms with E-state index in [4.69, 9.17) is 17.3 Å². The van der Waals surface area contributed by atoms with Crippen molar-refractivity contribution in [3.05, 3.63) is 28.5 Å². The van der Waals surface area contributed by atoms with E-state index in [0.717, 1.165) is 12.1 Å². The van der Waals surface area contributed by atoms with Gasteiger partial charge in [0.15, 0.2) is 5.78 Å². The number of nitrogen functional groups attached to an aromatic ring is 1. The minimum absolute atomic E-state index is 0.0750. The average molecular weight is 266 g/mol. The van der Waals surface area contributed by atoms with Crippen LogP contribution in [0.4, 0.5) is 10.1 Å². The molecule has 2 nitrogen and oxygen atoms in total. The van der Waals surface area contributed by atoms with Crippen molar-refractivity contribution >= 4 is 39.0 Å². The van der Waals surface area contributed by atoms with Gasteiger partial charge in [0, 0.05) is 5.56 Å². The van der Waals surface area contributed by atoms with E-state index >= 15 is 0 Å². The maximum atomic E-state index is 12.8. The zero-order chi connectivity index (χ0) is 10.0. The summed E-state index contributed by atoms with van der Waals surface area (Å²) in [6.45, 7) is 0. The first-order valence-electron chi connectivity index (χ1n) is 3.40. The highest BCUT2D eigenvalue weighted by atomic mass is 79.9. The average Bonchev–Trinajstić information content (AvgIpc) is 2.10. The van der Waals surface area contributed by atoms with Crippen LogP contribution in [-0.4, -0.2) is 11.1 Å². The zero-order valence-corrected chi connectivity index (χ0v) is 8.82. The molecule has 0 radical (unpaired) electrons. The van der Waals surface area contributed by atoms with Gasteiger partial charge in [-0.2, -0.15) is 0 Å². The first-order chi connectivity index (χ1) is 6.06. The van der Waals surface area contributed by atoms with Gasteiger partial charge in [0.1, 0.15) is 5.82 Å². The van der Waals surface area contributed by atoms with Crippen LogP contribution in [0.5, 0.6) is 0 Å². The molecule has 1 aromatic carbocycles. The second kappa shape index (κ2) is 4.07. The lowest BCUT2D eigenvalue weighted by Gasteiger charge is -2.04. The van der Waals surface area contributed by atoms with Gasteiger partial charge in [0.2, 0.25) is 0 Å². The molecule has 0 saturated carbocycles. The van der Waals surface area contributed by atoms with Crippen LogP contribution >= 0.6 is 27.5 Å². The lowest BCUT2D eigenvalue weighted by molar-refractivity contribution is 0.102. The van der Waals surface area contributed by atoms with Gasteiger partial charge in [0.25, 0.3) is 0 Å². The number of anilines is 1. The van der Waals surface area contributed by atoms with E-state index < -0.39 is 5.82 Å². The van der Waals surface area contributed by atoms with Gasteiger partial charge in [-0.15, -0.1) is 0 Å². The van der Waals surface area contributed by atoms with Crippen LogP contribution in [-0.2, 0) is 0 Å². The first-order valence-corrected chi connectivity index (χ1v) is 4.90. The molecule has 0 bridgehead atoms. The molecular formula is C8H6BrClFNO. The second-order valence-corrected chi connectivity index (χ2v) is 3.35. The van der Waals surface area contributed by atoms with Crippen molar-refractivity contribution in [1.82, 2.24) is 0 Å². The number of rotatable bonds is 2. The third-order valence-corrected chi connectivity index (χ3v) is 2.42. The Kier molecular flexibility index (Phi) is 3.27. The summed E-state index contributed by atoms with van der Waals surface area (Å²) in [5.74, 6) is -0.859. The fraction of sp³-hybridized carbons (Fsp3) is 0.125. The standard InChI is InChI=1S/C8H6BrClFNO/c9-3-7(13)5-1-4(11)2-6(12)8(5)10/h1-2H,3,12H2. The molecule has 70 valence electrons. The molecule has 1 rings (SSSR count). The highest BCUT2D eigenvalue weighted by molar-refractivity contribution is 9.09. The van der Waals surface area contributed by atoms with Crippen molar-refractivity contribution in [1.29, 1.82) is 0 Å². The van der Waals surface area contributed by atoms with Gasteiger partial charge in [-0.25, -0.2) is 4.39 Å². The number of carbonyl (C=O) groups is 1. The summed E-state index contributed by atoms with van der Waals surface area (Å²) < 4.78 is 12.8. The van der Waals surface area contributed by atoms with Gasteiger partial charge in [-0.3, -0.25) is 4.79 Å². The number of halogens is 3. The molecule has 0 atom stereocenters. The largest absolute Gasteiger partial charge is 0.397 e. The Morgan fingerprint density at radius 2 is 2.23 bits per heavy atom. The Labute approximate surface area is 88.0 Å². The topological polar surface area (TPSA) is 43.1 Å². The van der Waals surface area contributed by atoms with Crippen molar-refractivity contribution in [3.8, 4) is 0 Å². The number of carbonyl (C=O) groups excluding carboxylic acids is 1. The van der Waals surface area contributed by atoms with Crippen molar-refractivity contribution in [2.75, 3.05) is 11.1 Å². The third-order valence-electron chi connectivity index (χ3n) is 1.49. The van der Waals surface area contributed by atoms with Crippen molar-refractivity contribution < 1.29 is 9.18 Å². The van der Waals surface area contributed by atoms with E-state index in [1.165, 1.54) is 0 Å². The molecule has 0 fully saturated rings. The molecule has 0 aliphatic carbocycles. The van der Waals surface area contributed by atoms with Crippen LogP contribution in [0.1, 0.15) is 10.4 Å². The van der Waals surface area contributed by atoms with E-state index in [-0.39, 0.29) is 27.4 Å². The highest BCUT2D eigenvalue weighted by Gasteiger charge is 2.12. The molecule has 0 spiro atoms. The zero-order valence-electron chi connectivity index (χ0n) is 6.48. The van der Waals surface area contributed by atoms with Crippen LogP contribution < -0.4 is 5.73 Å². The highest BCUT2D eigenvalue weighted by Crippen LogP contribution is 2.25. The molecule has 1 aromatic rings. The number of nitrogens with two attached hydrogens (primary N) is 1. The molecule has 13 heavy (non-hydrogen) atoms. The number of alkyl halides is 1. The molecule has 0 saturated heterocycles. The van der Waals surface area contributed by atoms with Crippen molar-refractivity contribution in [3.63, 3.8) is 0 Å². The van der Waals surface area contributed by atoms with Gasteiger partial charge >= 0.3 is 0 Å². The predicted octanol–water partition coefficient (Wildman–Crippen LogP) is 2.64. The van der Waals surface area contributed by atoms with E-state index in [2.05, 4.69) is 15.9 Å². The number of benzene rings is 1. The molecule has 0 aliphatic heterocycles. The Balaban J connectivity index is 3.28. The minimum atomic E-state index is -0.564. The normalized spacial score (nSPS) is 10.1. The number of hydrogen-bond donors (Lipinski definition) is 1. The van der Waals surface area contributed by atoms with Crippen LogP contribution in [0.2, 0.25) is 5.02 Å². The fourth-order valence-corrected chi connectivity index (χ4v) is 1.40. The number of hydrogen-bond acceptors (Lipinski definition) is 2. The van der Waals surface area contributed by atoms with Crippen LogP contribution in [0.25, 0.3) is 0 Å². The molecular weight excluding hydrogens is 260 g/mol. The Morgan fingerprint density at radius 3 is 2.77 bits per heavy atom. The Bertz CT molecular complexity index is 356. The minimum Gasteiger partial charge on any atom is -0.397 e. The van der Waals surface area contributed by atoms with Crippen LogP contribution in [0.3, 0.4) is 0 Å². The van der Waals surface area contributed by atoms with Gasteiger partial charge in [-0.05, 0) is 12.1 Å². The van der Waals surface area contributed by atoms with Crippen LogP contribution in [0.15, 0.2) is 12.1 Å². The van der Waals surface area contributed by atoms with Crippen LogP contribution in [0, 0.1) is 5.82 Å². The van der Waals surface area contributed by atoms with Gasteiger partial charge in [0.05, 0.1) is 16.0 Å². The van der Waals surface area contributed by atoms with E-state index in [9.17, 15) is 9.18 Å². The van der Waals surface area contributed by atoms with Crippen molar-refractivity contribution in [2.45, 2.75) is 0 Å². The first kappa shape index (κ1) is 10.5. The Hall–Kier alpha value is -0.610. The summed E-state index contributed by atoms with van der Waals surface area (Å²) in [5, 5.41) is 0.196. The smallest absolute Gasteiger partial charge is 0.175 e. The predicted molar refractivity (Wildman–Crippen MR) is 53.9 cm³/mol. The molecule has 0 heterocycles. The molecule has 0 unspecified atom stereocenters. The van der Waals surface area contributed by atoms with E-state index in [1.807, 2.05) is 0 Å². The maximum absolute atomic E-state index is 12.8. The van der Waals surface area contributed by atoms with E-state index in [0.29, 0.717) is 0 Å². The second-order valence-electron chi connectivity index (χ2n) is 2.41. The fourth-order valence-electron chi connectivity index (χ4n) is 0.885. The molecule has 0 aromatic heterocycles. The summed E-state index contributed by atoms with van der Waals surface area (Å²) >= 11 is 8.67. The summed E-state index contributed by atoms with van der Waals surface area (Å²) in [6.07, 6.45) is 0. The summed E-state index contributed by atoms with van der Waals surface area (Å²) in [5.41, 5.74) is 5.56. The molecule has 5 heteroatoms. The SMILES string of the molecule is Nc1cc(F)cc(C(=O)CBr)c1Cl.